The van der Waals surface area contributed by atoms with E-state index in [1.807, 2.05) is 6.92 Å². The highest BCUT2D eigenvalue weighted by Gasteiger charge is 2.34. The van der Waals surface area contributed by atoms with Gasteiger partial charge in [0.05, 0.1) is 5.52 Å². The van der Waals surface area contributed by atoms with Crippen LogP contribution >= 0.6 is 0 Å². The van der Waals surface area contributed by atoms with E-state index in [0.29, 0.717) is 22.5 Å². The van der Waals surface area contributed by atoms with Crippen LogP contribution in [0.3, 0.4) is 0 Å². The summed E-state index contributed by atoms with van der Waals surface area (Å²) in [5, 5.41) is 11.5. The lowest BCUT2D eigenvalue weighted by molar-refractivity contribution is -0.274. The van der Waals surface area contributed by atoms with Crippen molar-refractivity contribution in [2.75, 3.05) is 5.32 Å². The van der Waals surface area contributed by atoms with E-state index in [4.69, 9.17) is 5.73 Å². The Bertz CT molecular complexity index is 1110. The second-order valence-corrected chi connectivity index (χ2v) is 7.33. The minimum absolute atomic E-state index is 0.0526. The fourth-order valence-corrected chi connectivity index (χ4v) is 3.50. The van der Waals surface area contributed by atoms with Crippen LogP contribution in [-0.2, 0) is 0 Å². The average molecular weight is 416 g/mol. The monoisotopic (exact) mass is 416 g/mol. The molecule has 30 heavy (non-hydrogen) atoms. The van der Waals surface area contributed by atoms with Gasteiger partial charge in [-0.2, -0.15) is 0 Å². The summed E-state index contributed by atoms with van der Waals surface area (Å²) in [6.07, 6.45) is -2.73. The zero-order valence-electron chi connectivity index (χ0n) is 16.0. The molecule has 0 spiro atoms. The van der Waals surface area contributed by atoms with E-state index in [9.17, 15) is 18.0 Å². The minimum Gasteiger partial charge on any atom is -0.405 e. The van der Waals surface area contributed by atoms with Gasteiger partial charge in [0.15, 0.2) is 5.69 Å². The Morgan fingerprint density at radius 3 is 2.60 bits per heavy atom. The van der Waals surface area contributed by atoms with E-state index in [0.717, 1.165) is 12.8 Å². The Balaban J connectivity index is 1.89. The molecule has 1 heterocycles. The zero-order valence-corrected chi connectivity index (χ0v) is 16.0. The number of hydrogen-bond acceptors (Lipinski definition) is 5. The van der Waals surface area contributed by atoms with Crippen molar-refractivity contribution in [3.8, 4) is 16.9 Å². The molecule has 3 aromatic rings. The molecule has 1 aliphatic carbocycles. The van der Waals surface area contributed by atoms with Gasteiger partial charge < -0.3 is 15.8 Å². The van der Waals surface area contributed by atoms with Gasteiger partial charge in [0, 0.05) is 34.3 Å². The lowest BCUT2D eigenvalue weighted by Gasteiger charge is -2.19. The molecule has 1 atom stereocenters. The summed E-state index contributed by atoms with van der Waals surface area (Å²) >= 11 is 0. The quantitative estimate of drug-likeness (QED) is 0.617. The van der Waals surface area contributed by atoms with E-state index in [-0.39, 0.29) is 22.9 Å². The fourth-order valence-electron chi connectivity index (χ4n) is 3.50. The molecule has 9 heteroatoms. The number of carbonyl (C=O) groups excluding carboxylic acids is 1. The first kappa shape index (κ1) is 19.9. The maximum atomic E-state index is 13.2. The zero-order chi connectivity index (χ0) is 21.5. The summed E-state index contributed by atoms with van der Waals surface area (Å²) in [6, 6.07) is 11.2. The topological polar surface area (TPSA) is 90.1 Å². The third-order valence-corrected chi connectivity index (χ3v) is 5.10. The molecule has 2 aromatic carbocycles. The second-order valence-electron chi connectivity index (χ2n) is 7.33. The molecule has 0 unspecified atom stereocenters. The van der Waals surface area contributed by atoms with Crippen LogP contribution in [0.25, 0.3) is 22.0 Å². The number of aromatic nitrogens is 2. The van der Waals surface area contributed by atoms with Gasteiger partial charge in [-0.05, 0) is 43.9 Å². The Morgan fingerprint density at radius 2 is 1.93 bits per heavy atom. The normalized spacial score (nSPS) is 15.1. The molecule has 0 saturated heterocycles. The number of nitrogens with zero attached hydrogens (tertiary/aromatic N) is 2. The van der Waals surface area contributed by atoms with Gasteiger partial charge >= 0.3 is 6.36 Å². The predicted molar refractivity (Wildman–Crippen MR) is 106 cm³/mol. The molecule has 1 saturated carbocycles. The Morgan fingerprint density at radius 1 is 1.20 bits per heavy atom. The highest BCUT2D eigenvalue weighted by atomic mass is 19.4. The summed E-state index contributed by atoms with van der Waals surface area (Å²) < 4.78 is 43.9. The highest BCUT2D eigenvalue weighted by Crippen LogP contribution is 2.41. The third kappa shape index (κ3) is 4.14. The third-order valence-electron chi connectivity index (χ3n) is 5.10. The maximum Gasteiger partial charge on any atom is 0.573 e. The van der Waals surface area contributed by atoms with Crippen molar-refractivity contribution < 1.29 is 22.7 Å². The number of hydrogen-bond donors (Lipinski definition) is 2. The van der Waals surface area contributed by atoms with Crippen molar-refractivity contribution in [1.82, 2.24) is 10.2 Å². The van der Waals surface area contributed by atoms with Gasteiger partial charge in [-0.25, -0.2) is 0 Å². The van der Waals surface area contributed by atoms with Gasteiger partial charge in [0.1, 0.15) is 5.75 Å². The van der Waals surface area contributed by atoms with Crippen LogP contribution in [-0.4, -0.2) is 28.5 Å². The van der Waals surface area contributed by atoms with Crippen LogP contribution in [0.4, 0.5) is 18.9 Å². The molecule has 1 amide bonds. The number of carbonyl (C=O) groups is 1. The van der Waals surface area contributed by atoms with E-state index < -0.39 is 18.0 Å². The van der Waals surface area contributed by atoms with Crippen LogP contribution < -0.4 is 15.8 Å². The summed E-state index contributed by atoms with van der Waals surface area (Å²) in [5.41, 5.74) is 6.32. The summed E-state index contributed by atoms with van der Waals surface area (Å²) in [5.74, 6) is -0.839. The number of fused-ring (bicyclic) bond motifs is 1. The maximum absolute atomic E-state index is 13.2. The van der Waals surface area contributed by atoms with E-state index in [1.54, 1.807) is 30.3 Å². The van der Waals surface area contributed by atoms with Crippen LogP contribution in [0, 0.1) is 5.92 Å². The van der Waals surface area contributed by atoms with Crippen LogP contribution in [0.1, 0.15) is 30.3 Å². The first-order valence-corrected chi connectivity index (χ1v) is 9.45. The molecule has 1 fully saturated rings. The van der Waals surface area contributed by atoms with Gasteiger partial charge in [-0.15, -0.1) is 23.4 Å². The van der Waals surface area contributed by atoms with Crippen LogP contribution in [0.5, 0.6) is 5.75 Å². The van der Waals surface area contributed by atoms with E-state index >= 15 is 0 Å². The molecular weight excluding hydrogens is 397 g/mol. The summed E-state index contributed by atoms with van der Waals surface area (Å²) in [4.78, 5) is 12.0. The van der Waals surface area contributed by atoms with Crippen molar-refractivity contribution in [3.05, 3.63) is 48.2 Å². The number of nitrogens with one attached hydrogen (secondary N) is 1. The predicted octanol–water partition coefficient (Wildman–Crippen LogP) is 4.50. The first-order valence-electron chi connectivity index (χ1n) is 9.45. The molecule has 1 aromatic heterocycles. The molecule has 156 valence electrons. The lowest BCUT2D eigenvalue weighted by Crippen LogP contribution is -2.20. The first-order chi connectivity index (χ1) is 14.2. The standard InChI is InChI=1S/C21H19F3N4O2/c1-11(12-6-7-12)26-13-8-9-15(17(10-13)30-21(22,23)24)18-14-4-2-3-5-16(14)27-28-19(18)20(25)29/h2-5,8-12,26H,6-7H2,1H3,(H2,25,29)/t11-/m1/s1. The number of ether oxygens (including phenoxy) is 1. The van der Waals surface area contributed by atoms with Crippen molar-refractivity contribution in [2.24, 2.45) is 11.7 Å². The number of anilines is 1. The van der Waals surface area contributed by atoms with Crippen molar-refractivity contribution in [1.29, 1.82) is 0 Å². The van der Waals surface area contributed by atoms with Gasteiger partial charge in [-0.3, -0.25) is 4.79 Å². The summed E-state index contributed by atoms with van der Waals surface area (Å²) in [6.45, 7) is 1.99. The Hall–Kier alpha value is -3.36. The number of halogens is 3. The summed E-state index contributed by atoms with van der Waals surface area (Å²) in [7, 11) is 0. The van der Waals surface area contributed by atoms with Crippen LogP contribution in [0.2, 0.25) is 0 Å². The van der Waals surface area contributed by atoms with Crippen molar-refractivity contribution in [2.45, 2.75) is 32.2 Å². The van der Waals surface area contributed by atoms with Gasteiger partial charge in [-0.1, -0.05) is 18.2 Å². The fraction of sp³-hybridized carbons (Fsp3) is 0.286. The van der Waals surface area contributed by atoms with Gasteiger partial charge in [0.25, 0.3) is 5.91 Å². The Labute approximate surface area is 170 Å². The van der Waals surface area contributed by atoms with Crippen molar-refractivity contribution in [3.63, 3.8) is 0 Å². The molecule has 6 nitrogen and oxygen atoms in total. The number of amides is 1. The molecule has 3 N–H and O–H groups in total. The molecule has 0 bridgehead atoms. The van der Waals surface area contributed by atoms with Crippen LogP contribution in [0.15, 0.2) is 42.5 Å². The Kier molecular flexibility index (Phi) is 4.97. The lowest BCUT2D eigenvalue weighted by atomic mass is 9.97. The second kappa shape index (κ2) is 7.47. The number of primary amides is 1. The molecular formula is C21H19F3N4O2. The molecule has 1 aliphatic rings. The van der Waals surface area contributed by atoms with E-state index in [2.05, 4.69) is 20.3 Å². The smallest absolute Gasteiger partial charge is 0.405 e. The molecule has 4 rings (SSSR count). The van der Waals surface area contributed by atoms with E-state index in [1.165, 1.54) is 12.1 Å². The number of alkyl halides is 3. The van der Waals surface area contributed by atoms with Gasteiger partial charge in [0.2, 0.25) is 0 Å². The minimum atomic E-state index is -4.92. The molecule has 0 aliphatic heterocycles. The number of nitrogens with two attached hydrogens (primary N) is 1. The average Bonchev–Trinajstić information content (AvgIpc) is 3.51. The number of rotatable bonds is 6. The highest BCUT2D eigenvalue weighted by molar-refractivity contribution is 6.07. The molecule has 0 radical (unpaired) electrons. The van der Waals surface area contributed by atoms with Crippen molar-refractivity contribution >= 4 is 22.5 Å². The number of benzene rings is 2. The largest absolute Gasteiger partial charge is 0.573 e. The SMILES string of the molecule is C[C@@H](Nc1ccc(-c2c(C(N)=O)nnc3ccccc23)c(OC(F)(F)F)c1)C1CC1.